The Balaban J connectivity index is 1.65. The number of benzene rings is 1. The number of aryl methyl sites for hydroxylation is 2. The Labute approximate surface area is 145 Å². The SMILES string of the molecule is Cc1ncccc1CCNC(=O)Cn1cnc2c(C)cccc2c1=O. The monoisotopic (exact) mass is 336 g/mol. The highest BCUT2D eigenvalue weighted by atomic mass is 16.2. The predicted molar refractivity (Wildman–Crippen MR) is 96.4 cm³/mol. The molecule has 1 aromatic carbocycles. The van der Waals surface area contributed by atoms with E-state index in [1.54, 1.807) is 12.3 Å². The van der Waals surface area contributed by atoms with E-state index in [1.807, 2.05) is 38.1 Å². The summed E-state index contributed by atoms with van der Waals surface area (Å²) in [4.78, 5) is 33.2. The van der Waals surface area contributed by atoms with Crippen LogP contribution < -0.4 is 10.9 Å². The van der Waals surface area contributed by atoms with Gasteiger partial charge in [-0.3, -0.25) is 19.1 Å². The number of carbonyl (C=O) groups excluding carboxylic acids is 1. The minimum absolute atomic E-state index is 0.0399. The molecular weight excluding hydrogens is 316 g/mol. The van der Waals surface area contributed by atoms with Crippen molar-refractivity contribution in [2.45, 2.75) is 26.8 Å². The van der Waals surface area contributed by atoms with Crippen LogP contribution in [0.1, 0.15) is 16.8 Å². The fourth-order valence-electron chi connectivity index (χ4n) is 2.78. The molecule has 0 unspecified atom stereocenters. The van der Waals surface area contributed by atoms with Crippen molar-refractivity contribution < 1.29 is 4.79 Å². The number of nitrogens with one attached hydrogen (secondary N) is 1. The van der Waals surface area contributed by atoms with Crippen LogP contribution in [-0.2, 0) is 17.8 Å². The van der Waals surface area contributed by atoms with Crippen molar-refractivity contribution >= 4 is 16.8 Å². The molecule has 128 valence electrons. The first-order valence-corrected chi connectivity index (χ1v) is 8.18. The molecule has 0 fully saturated rings. The molecule has 0 aliphatic carbocycles. The van der Waals surface area contributed by atoms with Gasteiger partial charge < -0.3 is 5.32 Å². The summed E-state index contributed by atoms with van der Waals surface area (Å²) in [5, 5.41) is 3.37. The standard InChI is InChI=1S/C19H20N4O2/c1-13-5-3-7-16-18(13)22-12-23(19(16)25)11-17(24)21-10-8-15-6-4-9-20-14(15)2/h3-7,9,12H,8,10-11H2,1-2H3,(H,21,24). The second-order valence-corrected chi connectivity index (χ2v) is 6.00. The minimum Gasteiger partial charge on any atom is -0.354 e. The highest BCUT2D eigenvalue weighted by Crippen LogP contribution is 2.11. The summed E-state index contributed by atoms with van der Waals surface area (Å²) < 4.78 is 1.34. The zero-order valence-corrected chi connectivity index (χ0v) is 14.3. The highest BCUT2D eigenvalue weighted by molar-refractivity contribution is 5.81. The fraction of sp³-hybridized carbons (Fsp3) is 0.263. The number of hydrogen-bond acceptors (Lipinski definition) is 4. The molecule has 0 aliphatic rings. The summed E-state index contributed by atoms with van der Waals surface area (Å²) in [6.45, 7) is 4.31. The van der Waals surface area contributed by atoms with Crippen molar-refractivity contribution in [1.29, 1.82) is 0 Å². The summed E-state index contributed by atoms with van der Waals surface area (Å²) in [7, 11) is 0. The number of rotatable bonds is 5. The normalized spacial score (nSPS) is 10.8. The molecule has 0 saturated heterocycles. The molecule has 0 spiro atoms. The van der Waals surface area contributed by atoms with E-state index < -0.39 is 0 Å². The van der Waals surface area contributed by atoms with Gasteiger partial charge in [0, 0.05) is 18.4 Å². The lowest BCUT2D eigenvalue weighted by Gasteiger charge is -2.09. The molecular formula is C19H20N4O2. The Hall–Kier alpha value is -3.02. The van der Waals surface area contributed by atoms with Gasteiger partial charge in [0.15, 0.2) is 0 Å². The zero-order chi connectivity index (χ0) is 17.8. The lowest BCUT2D eigenvalue weighted by Crippen LogP contribution is -2.33. The lowest BCUT2D eigenvalue weighted by molar-refractivity contribution is -0.121. The number of aromatic nitrogens is 3. The number of carbonyl (C=O) groups is 1. The summed E-state index contributed by atoms with van der Waals surface area (Å²) in [6, 6.07) is 9.34. The van der Waals surface area contributed by atoms with Crippen molar-refractivity contribution in [2.24, 2.45) is 0 Å². The van der Waals surface area contributed by atoms with E-state index in [0.717, 1.165) is 16.8 Å². The number of fused-ring (bicyclic) bond motifs is 1. The van der Waals surface area contributed by atoms with E-state index in [1.165, 1.54) is 10.9 Å². The van der Waals surface area contributed by atoms with Crippen LogP contribution in [0.5, 0.6) is 0 Å². The Morgan fingerprint density at radius 1 is 1.16 bits per heavy atom. The number of hydrogen-bond donors (Lipinski definition) is 1. The van der Waals surface area contributed by atoms with Gasteiger partial charge in [-0.15, -0.1) is 0 Å². The molecule has 1 amide bonds. The number of amides is 1. The number of pyridine rings is 1. The fourth-order valence-corrected chi connectivity index (χ4v) is 2.78. The van der Waals surface area contributed by atoms with Crippen LogP contribution in [0, 0.1) is 13.8 Å². The van der Waals surface area contributed by atoms with E-state index >= 15 is 0 Å². The van der Waals surface area contributed by atoms with E-state index in [9.17, 15) is 9.59 Å². The maximum absolute atomic E-state index is 12.5. The third kappa shape index (κ3) is 3.74. The van der Waals surface area contributed by atoms with Gasteiger partial charge in [0.2, 0.25) is 5.91 Å². The van der Waals surface area contributed by atoms with Gasteiger partial charge in [0.05, 0.1) is 17.2 Å². The Bertz CT molecular complexity index is 979. The van der Waals surface area contributed by atoms with Crippen LogP contribution >= 0.6 is 0 Å². The van der Waals surface area contributed by atoms with E-state index in [-0.39, 0.29) is 18.0 Å². The molecule has 3 aromatic rings. The molecule has 2 aromatic heterocycles. The van der Waals surface area contributed by atoms with Crippen molar-refractivity contribution in [3.63, 3.8) is 0 Å². The Morgan fingerprint density at radius 3 is 2.80 bits per heavy atom. The van der Waals surface area contributed by atoms with Gasteiger partial charge in [0.25, 0.3) is 5.56 Å². The Kier molecular flexibility index (Phi) is 4.88. The molecule has 3 rings (SSSR count). The zero-order valence-electron chi connectivity index (χ0n) is 14.3. The minimum atomic E-state index is -0.211. The molecule has 1 N–H and O–H groups in total. The first-order chi connectivity index (χ1) is 12.1. The summed E-state index contributed by atoms with van der Waals surface area (Å²) >= 11 is 0. The molecule has 0 saturated carbocycles. The molecule has 6 heteroatoms. The van der Waals surface area contributed by atoms with Gasteiger partial charge in [-0.1, -0.05) is 18.2 Å². The third-order valence-corrected chi connectivity index (χ3v) is 4.20. The maximum Gasteiger partial charge on any atom is 0.261 e. The Morgan fingerprint density at radius 2 is 2.00 bits per heavy atom. The van der Waals surface area contributed by atoms with Crippen LogP contribution in [0.4, 0.5) is 0 Å². The second kappa shape index (κ2) is 7.25. The van der Waals surface area contributed by atoms with Gasteiger partial charge in [-0.05, 0) is 43.5 Å². The average molecular weight is 336 g/mol. The van der Waals surface area contributed by atoms with Crippen LogP contribution in [0.2, 0.25) is 0 Å². The summed E-state index contributed by atoms with van der Waals surface area (Å²) in [5.41, 5.74) is 3.48. The molecule has 25 heavy (non-hydrogen) atoms. The van der Waals surface area contributed by atoms with Gasteiger partial charge in [-0.2, -0.15) is 0 Å². The molecule has 0 radical (unpaired) electrons. The van der Waals surface area contributed by atoms with Crippen LogP contribution in [-0.4, -0.2) is 27.0 Å². The first-order valence-electron chi connectivity index (χ1n) is 8.18. The van der Waals surface area contributed by atoms with Crippen molar-refractivity contribution in [3.8, 4) is 0 Å². The molecule has 0 aliphatic heterocycles. The largest absolute Gasteiger partial charge is 0.354 e. The first kappa shape index (κ1) is 16.8. The van der Waals surface area contributed by atoms with Gasteiger partial charge in [0.1, 0.15) is 6.54 Å². The average Bonchev–Trinajstić information content (AvgIpc) is 2.60. The number of para-hydroxylation sites is 1. The topological polar surface area (TPSA) is 76.9 Å². The molecule has 0 atom stereocenters. The van der Waals surface area contributed by atoms with Crippen molar-refractivity contribution in [2.75, 3.05) is 6.54 Å². The smallest absolute Gasteiger partial charge is 0.261 e. The number of nitrogens with zero attached hydrogens (tertiary/aromatic N) is 3. The molecule has 2 heterocycles. The molecule has 0 bridgehead atoms. The van der Waals surface area contributed by atoms with Crippen LogP contribution in [0.25, 0.3) is 10.9 Å². The van der Waals surface area contributed by atoms with E-state index in [0.29, 0.717) is 23.9 Å². The van der Waals surface area contributed by atoms with Crippen molar-refractivity contribution in [1.82, 2.24) is 19.9 Å². The predicted octanol–water partition coefficient (Wildman–Crippen LogP) is 1.77. The van der Waals surface area contributed by atoms with Crippen LogP contribution in [0.3, 0.4) is 0 Å². The van der Waals surface area contributed by atoms with Crippen LogP contribution in [0.15, 0.2) is 47.7 Å². The second-order valence-electron chi connectivity index (χ2n) is 6.00. The lowest BCUT2D eigenvalue weighted by atomic mass is 10.1. The van der Waals surface area contributed by atoms with Gasteiger partial charge >= 0.3 is 0 Å². The molecule has 6 nitrogen and oxygen atoms in total. The third-order valence-electron chi connectivity index (χ3n) is 4.20. The highest BCUT2D eigenvalue weighted by Gasteiger charge is 2.09. The van der Waals surface area contributed by atoms with Gasteiger partial charge in [-0.25, -0.2) is 4.98 Å². The summed E-state index contributed by atoms with van der Waals surface area (Å²) in [6.07, 6.45) is 3.89. The van der Waals surface area contributed by atoms with E-state index in [2.05, 4.69) is 15.3 Å². The quantitative estimate of drug-likeness (QED) is 0.770. The maximum atomic E-state index is 12.5. The van der Waals surface area contributed by atoms with E-state index in [4.69, 9.17) is 0 Å². The van der Waals surface area contributed by atoms with Crippen molar-refractivity contribution in [3.05, 3.63) is 70.0 Å². The summed E-state index contributed by atoms with van der Waals surface area (Å²) in [5.74, 6) is -0.211.